The molecule has 108 valence electrons. The average molecular weight is 255 g/mol. The maximum atomic E-state index is 6.16. The molecule has 18 heavy (non-hydrogen) atoms. The molecule has 0 aliphatic heterocycles. The second-order valence-electron chi connectivity index (χ2n) is 6.14. The van der Waals surface area contributed by atoms with Crippen molar-refractivity contribution < 1.29 is 4.74 Å². The summed E-state index contributed by atoms with van der Waals surface area (Å²) in [6, 6.07) is 0.603. The Bertz CT molecular complexity index is 194. The molecule has 0 aromatic heterocycles. The van der Waals surface area contributed by atoms with Crippen LogP contribution in [0.15, 0.2) is 0 Å². The van der Waals surface area contributed by atoms with Crippen LogP contribution in [0.3, 0.4) is 0 Å². The van der Waals surface area contributed by atoms with Crippen molar-refractivity contribution in [2.45, 2.75) is 84.3 Å². The Morgan fingerprint density at radius 3 is 2.67 bits per heavy atom. The van der Waals surface area contributed by atoms with E-state index in [0.29, 0.717) is 12.1 Å². The quantitative estimate of drug-likeness (QED) is 0.520. The van der Waals surface area contributed by atoms with Gasteiger partial charge in [-0.25, -0.2) is 0 Å². The van der Waals surface area contributed by atoms with Gasteiger partial charge < -0.3 is 10.1 Å². The molecule has 1 N–H and O–H groups in total. The highest BCUT2D eigenvalue weighted by atomic mass is 16.5. The Hall–Kier alpha value is -0.0800. The van der Waals surface area contributed by atoms with Gasteiger partial charge in [0.25, 0.3) is 0 Å². The first-order valence-corrected chi connectivity index (χ1v) is 8.09. The van der Waals surface area contributed by atoms with Crippen molar-refractivity contribution in [2.24, 2.45) is 5.92 Å². The molecule has 1 aliphatic carbocycles. The average Bonchev–Trinajstić information content (AvgIpc) is 2.57. The molecule has 0 bridgehead atoms. The summed E-state index contributed by atoms with van der Waals surface area (Å²) in [5.41, 5.74) is 0. The van der Waals surface area contributed by atoms with Gasteiger partial charge in [-0.1, -0.05) is 40.0 Å². The second-order valence-corrected chi connectivity index (χ2v) is 6.14. The largest absolute Gasteiger partial charge is 0.377 e. The lowest BCUT2D eigenvalue weighted by Crippen LogP contribution is -2.41. The highest BCUT2D eigenvalue weighted by Gasteiger charge is 2.23. The van der Waals surface area contributed by atoms with Gasteiger partial charge >= 0.3 is 0 Å². The van der Waals surface area contributed by atoms with Crippen LogP contribution in [0, 0.1) is 5.92 Å². The standard InChI is InChI=1S/C16H33NO/c1-4-12-17-15-10-6-5-7-11-16(15)18-13-8-9-14(2)3/h14-17H,4-13H2,1-3H3. The minimum Gasteiger partial charge on any atom is -0.377 e. The SMILES string of the molecule is CCCNC1CCCCCC1OCCCC(C)C. The van der Waals surface area contributed by atoms with E-state index in [1.54, 1.807) is 0 Å². The van der Waals surface area contributed by atoms with Gasteiger partial charge in [0.05, 0.1) is 6.10 Å². The molecule has 2 nitrogen and oxygen atoms in total. The normalized spacial score (nSPS) is 25.3. The third kappa shape index (κ3) is 6.75. The lowest BCUT2D eigenvalue weighted by atomic mass is 10.1. The third-order valence-electron chi connectivity index (χ3n) is 3.87. The van der Waals surface area contributed by atoms with Crippen LogP contribution in [-0.2, 0) is 4.74 Å². The Morgan fingerprint density at radius 1 is 1.17 bits per heavy atom. The number of nitrogens with one attached hydrogen (secondary N) is 1. The summed E-state index contributed by atoms with van der Waals surface area (Å²) in [4.78, 5) is 0. The molecule has 2 unspecified atom stereocenters. The minimum atomic E-state index is 0.464. The number of hydrogen-bond acceptors (Lipinski definition) is 2. The van der Waals surface area contributed by atoms with E-state index in [-0.39, 0.29) is 0 Å². The van der Waals surface area contributed by atoms with Gasteiger partial charge in [-0.15, -0.1) is 0 Å². The first kappa shape index (κ1) is 16.0. The molecule has 0 saturated heterocycles. The van der Waals surface area contributed by atoms with Gasteiger partial charge in [-0.2, -0.15) is 0 Å². The molecule has 0 amide bonds. The lowest BCUT2D eigenvalue weighted by molar-refractivity contribution is 0.0192. The van der Waals surface area contributed by atoms with Gasteiger partial charge in [-0.3, -0.25) is 0 Å². The zero-order valence-corrected chi connectivity index (χ0v) is 12.7. The molecule has 1 rings (SSSR count). The first-order valence-electron chi connectivity index (χ1n) is 8.09. The zero-order chi connectivity index (χ0) is 13.2. The summed E-state index contributed by atoms with van der Waals surface area (Å²) in [5, 5.41) is 3.69. The molecule has 0 aromatic rings. The van der Waals surface area contributed by atoms with E-state index in [1.807, 2.05) is 0 Å². The summed E-state index contributed by atoms with van der Waals surface area (Å²) in [5.74, 6) is 0.803. The number of rotatable bonds is 8. The Balaban J connectivity index is 2.27. The van der Waals surface area contributed by atoms with Gasteiger partial charge in [-0.05, 0) is 44.6 Å². The molecule has 0 aromatic carbocycles. The summed E-state index contributed by atoms with van der Waals surface area (Å²) in [6.45, 7) is 8.90. The van der Waals surface area contributed by atoms with Crippen LogP contribution in [0.1, 0.15) is 72.1 Å². The molecule has 0 heterocycles. The van der Waals surface area contributed by atoms with Crippen LogP contribution in [0.2, 0.25) is 0 Å². The van der Waals surface area contributed by atoms with Crippen molar-refractivity contribution in [1.29, 1.82) is 0 Å². The molecule has 0 radical (unpaired) electrons. The van der Waals surface area contributed by atoms with Crippen LogP contribution in [0.4, 0.5) is 0 Å². The molecule has 1 aliphatic rings. The van der Waals surface area contributed by atoms with E-state index in [1.165, 1.54) is 51.4 Å². The van der Waals surface area contributed by atoms with Crippen LogP contribution in [-0.4, -0.2) is 25.3 Å². The van der Waals surface area contributed by atoms with E-state index in [2.05, 4.69) is 26.1 Å². The van der Waals surface area contributed by atoms with E-state index in [4.69, 9.17) is 4.74 Å². The molecule has 2 heteroatoms. The fraction of sp³-hybridized carbons (Fsp3) is 1.00. The summed E-state index contributed by atoms with van der Waals surface area (Å²) in [7, 11) is 0. The van der Waals surface area contributed by atoms with Gasteiger partial charge in [0.15, 0.2) is 0 Å². The van der Waals surface area contributed by atoms with Crippen molar-refractivity contribution in [3.05, 3.63) is 0 Å². The van der Waals surface area contributed by atoms with Gasteiger partial charge in [0, 0.05) is 12.6 Å². The first-order chi connectivity index (χ1) is 8.74. The third-order valence-corrected chi connectivity index (χ3v) is 3.87. The van der Waals surface area contributed by atoms with E-state index >= 15 is 0 Å². The van der Waals surface area contributed by atoms with Crippen molar-refractivity contribution in [3.8, 4) is 0 Å². The smallest absolute Gasteiger partial charge is 0.0728 e. The molecule has 2 atom stereocenters. The molecular weight excluding hydrogens is 222 g/mol. The van der Waals surface area contributed by atoms with Gasteiger partial charge in [0.1, 0.15) is 0 Å². The lowest BCUT2D eigenvalue weighted by Gasteiger charge is -2.26. The van der Waals surface area contributed by atoms with Crippen molar-refractivity contribution in [3.63, 3.8) is 0 Å². The molecule has 0 spiro atoms. The van der Waals surface area contributed by atoms with Gasteiger partial charge in [0.2, 0.25) is 0 Å². The highest BCUT2D eigenvalue weighted by Crippen LogP contribution is 2.21. The fourth-order valence-electron chi connectivity index (χ4n) is 2.76. The van der Waals surface area contributed by atoms with E-state index < -0.39 is 0 Å². The second kappa shape index (κ2) is 9.80. The molecule has 1 fully saturated rings. The fourth-order valence-corrected chi connectivity index (χ4v) is 2.76. The maximum absolute atomic E-state index is 6.16. The van der Waals surface area contributed by atoms with Crippen LogP contribution in [0.25, 0.3) is 0 Å². The highest BCUT2D eigenvalue weighted by molar-refractivity contribution is 4.80. The van der Waals surface area contributed by atoms with Crippen LogP contribution >= 0.6 is 0 Å². The van der Waals surface area contributed by atoms with Crippen LogP contribution in [0.5, 0.6) is 0 Å². The summed E-state index contributed by atoms with van der Waals surface area (Å²) >= 11 is 0. The van der Waals surface area contributed by atoms with Crippen LogP contribution < -0.4 is 5.32 Å². The predicted octanol–water partition coefficient (Wildman–Crippen LogP) is 4.14. The molecular formula is C16H33NO. The number of hydrogen-bond donors (Lipinski definition) is 1. The zero-order valence-electron chi connectivity index (χ0n) is 12.7. The Labute approximate surface area is 114 Å². The van der Waals surface area contributed by atoms with Crippen molar-refractivity contribution >= 4 is 0 Å². The monoisotopic (exact) mass is 255 g/mol. The maximum Gasteiger partial charge on any atom is 0.0728 e. The summed E-state index contributed by atoms with van der Waals surface area (Å²) in [6.07, 6.45) is 10.8. The number of ether oxygens (including phenoxy) is 1. The van der Waals surface area contributed by atoms with E-state index in [0.717, 1.165) is 19.1 Å². The van der Waals surface area contributed by atoms with E-state index in [9.17, 15) is 0 Å². The Morgan fingerprint density at radius 2 is 1.94 bits per heavy atom. The summed E-state index contributed by atoms with van der Waals surface area (Å²) < 4.78 is 6.16. The van der Waals surface area contributed by atoms with Crippen molar-refractivity contribution in [2.75, 3.05) is 13.2 Å². The predicted molar refractivity (Wildman–Crippen MR) is 79.0 cm³/mol. The molecule has 1 saturated carbocycles. The topological polar surface area (TPSA) is 21.3 Å². The minimum absolute atomic E-state index is 0.464. The van der Waals surface area contributed by atoms with Crippen molar-refractivity contribution in [1.82, 2.24) is 5.32 Å². The Kier molecular flexibility index (Phi) is 8.70.